The van der Waals surface area contributed by atoms with Crippen molar-refractivity contribution in [2.45, 2.75) is 16.3 Å². The molecule has 156 valence electrons. The molecule has 11 heteroatoms. The molecule has 2 aromatic carbocycles. The molecule has 30 heavy (non-hydrogen) atoms. The van der Waals surface area contributed by atoms with E-state index in [1.54, 1.807) is 0 Å². The lowest BCUT2D eigenvalue weighted by Crippen LogP contribution is -2.22. The average Bonchev–Trinajstić information content (AvgIpc) is 3.16. The lowest BCUT2D eigenvalue weighted by atomic mass is 10.3. The molecule has 3 rings (SSSR count). The Labute approximate surface area is 176 Å². The van der Waals surface area contributed by atoms with E-state index in [9.17, 15) is 18.0 Å². The van der Waals surface area contributed by atoms with Gasteiger partial charge in [-0.2, -0.15) is 5.10 Å². The molecule has 0 aliphatic carbocycles. The van der Waals surface area contributed by atoms with Gasteiger partial charge in [0, 0.05) is 23.0 Å². The molecule has 0 saturated carbocycles. The van der Waals surface area contributed by atoms with Crippen LogP contribution in [0.4, 0.5) is 5.69 Å². The number of amides is 1. The van der Waals surface area contributed by atoms with Gasteiger partial charge >= 0.3 is 5.97 Å². The van der Waals surface area contributed by atoms with Gasteiger partial charge in [-0.05, 0) is 42.5 Å². The number of ether oxygens (including phenoxy) is 1. The summed E-state index contributed by atoms with van der Waals surface area (Å²) >= 11 is 5.82. The minimum absolute atomic E-state index is 0.0278. The predicted molar refractivity (Wildman–Crippen MR) is 108 cm³/mol. The summed E-state index contributed by atoms with van der Waals surface area (Å²) in [5, 5.41) is 15.8. The summed E-state index contributed by atoms with van der Waals surface area (Å²) in [6.07, 6.45) is 1.26. The Kier molecular flexibility index (Phi) is 6.09. The number of rotatable bonds is 7. The summed E-state index contributed by atoms with van der Waals surface area (Å²) in [6, 6.07) is 11.0. The zero-order valence-electron chi connectivity index (χ0n) is 15.6. The number of aromatic nitrogens is 2. The second kappa shape index (κ2) is 8.56. The van der Waals surface area contributed by atoms with Crippen LogP contribution in [0, 0.1) is 0 Å². The number of carbonyl (C=O) groups is 2. The molecule has 1 aromatic heterocycles. The number of sulfone groups is 1. The number of aromatic carboxylic acids is 1. The van der Waals surface area contributed by atoms with E-state index < -0.39 is 21.7 Å². The van der Waals surface area contributed by atoms with Crippen molar-refractivity contribution in [2.75, 3.05) is 12.4 Å². The molecule has 3 aromatic rings. The molecular weight excluding hydrogens is 434 g/mol. The number of anilines is 1. The highest BCUT2D eigenvalue weighted by molar-refractivity contribution is 7.91. The Bertz CT molecular complexity index is 1210. The van der Waals surface area contributed by atoms with E-state index >= 15 is 0 Å². The van der Waals surface area contributed by atoms with E-state index in [2.05, 4.69) is 10.4 Å². The van der Waals surface area contributed by atoms with Crippen LogP contribution in [0.3, 0.4) is 0 Å². The predicted octanol–water partition coefficient (Wildman–Crippen LogP) is 2.71. The molecule has 0 saturated heterocycles. The first kappa shape index (κ1) is 21.3. The van der Waals surface area contributed by atoms with Gasteiger partial charge in [0.25, 0.3) is 0 Å². The Morgan fingerprint density at radius 3 is 2.47 bits per heavy atom. The van der Waals surface area contributed by atoms with Crippen LogP contribution in [-0.2, 0) is 21.2 Å². The van der Waals surface area contributed by atoms with Crippen molar-refractivity contribution < 1.29 is 27.9 Å². The SMILES string of the molecule is COc1cc(NC(=O)Cn2nccc2C(=O)O)cc(S(=O)(=O)c2ccc(Cl)cc2)c1. The fraction of sp³-hybridized carbons (Fsp3) is 0.105. The maximum Gasteiger partial charge on any atom is 0.354 e. The summed E-state index contributed by atoms with van der Waals surface area (Å²) < 4.78 is 32.0. The molecule has 0 radical (unpaired) electrons. The van der Waals surface area contributed by atoms with Crippen LogP contribution in [0.2, 0.25) is 5.02 Å². The number of methoxy groups -OCH3 is 1. The number of halogens is 1. The van der Waals surface area contributed by atoms with Crippen molar-refractivity contribution >= 4 is 39.0 Å². The van der Waals surface area contributed by atoms with Crippen LogP contribution < -0.4 is 10.1 Å². The molecule has 0 spiro atoms. The van der Waals surface area contributed by atoms with Gasteiger partial charge < -0.3 is 15.2 Å². The summed E-state index contributed by atoms with van der Waals surface area (Å²) in [6.45, 7) is -0.370. The van der Waals surface area contributed by atoms with Gasteiger partial charge in [-0.15, -0.1) is 0 Å². The molecule has 1 amide bonds. The van der Waals surface area contributed by atoms with Gasteiger partial charge in [-0.25, -0.2) is 17.9 Å². The van der Waals surface area contributed by atoms with Crippen molar-refractivity contribution in [1.29, 1.82) is 0 Å². The Morgan fingerprint density at radius 2 is 1.83 bits per heavy atom. The number of nitrogens with zero attached hydrogens (tertiary/aromatic N) is 2. The number of carboxylic acid groups (broad SMARTS) is 1. The van der Waals surface area contributed by atoms with Gasteiger partial charge in [0.2, 0.25) is 15.7 Å². The Balaban J connectivity index is 1.89. The summed E-state index contributed by atoms with van der Waals surface area (Å²) in [5.41, 5.74) is 0.0118. The van der Waals surface area contributed by atoms with Crippen LogP contribution in [0.1, 0.15) is 10.5 Å². The first-order valence-corrected chi connectivity index (χ1v) is 10.3. The molecule has 0 aliphatic heterocycles. The second-order valence-electron chi connectivity index (χ2n) is 6.08. The highest BCUT2D eigenvalue weighted by atomic mass is 35.5. The van der Waals surface area contributed by atoms with Gasteiger partial charge in [0.05, 0.1) is 16.9 Å². The van der Waals surface area contributed by atoms with Crippen LogP contribution in [0.5, 0.6) is 5.75 Å². The van der Waals surface area contributed by atoms with Crippen molar-refractivity contribution in [2.24, 2.45) is 0 Å². The third-order valence-corrected chi connectivity index (χ3v) is 6.06. The Morgan fingerprint density at radius 1 is 1.13 bits per heavy atom. The van der Waals surface area contributed by atoms with Crippen molar-refractivity contribution in [3.63, 3.8) is 0 Å². The summed E-state index contributed by atoms with van der Waals surface area (Å²) in [7, 11) is -2.54. The van der Waals surface area contributed by atoms with Crippen molar-refractivity contribution in [1.82, 2.24) is 9.78 Å². The topological polar surface area (TPSA) is 128 Å². The second-order valence-corrected chi connectivity index (χ2v) is 8.47. The van der Waals surface area contributed by atoms with Crippen LogP contribution in [-0.4, -0.2) is 42.3 Å². The minimum Gasteiger partial charge on any atom is -0.497 e. The van der Waals surface area contributed by atoms with E-state index in [1.165, 1.54) is 61.8 Å². The average molecular weight is 450 g/mol. The van der Waals surface area contributed by atoms with Gasteiger partial charge in [0.1, 0.15) is 18.0 Å². The molecule has 1 heterocycles. The van der Waals surface area contributed by atoms with Crippen LogP contribution in [0.25, 0.3) is 0 Å². The highest BCUT2D eigenvalue weighted by Gasteiger charge is 2.20. The minimum atomic E-state index is -3.90. The molecule has 0 fully saturated rings. The number of carboxylic acids is 1. The quantitative estimate of drug-likeness (QED) is 0.567. The number of hydrogen-bond acceptors (Lipinski definition) is 6. The van der Waals surface area contributed by atoms with Crippen molar-refractivity contribution in [3.05, 3.63) is 65.4 Å². The monoisotopic (exact) mass is 449 g/mol. The maximum atomic E-state index is 12.9. The smallest absolute Gasteiger partial charge is 0.354 e. The van der Waals surface area contributed by atoms with Crippen LogP contribution >= 0.6 is 11.6 Å². The van der Waals surface area contributed by atoms with E-state index in [0.717, 1.165) is 4.68 Å². The fourth-order valence-electron chi connectivity index (χ4n) is 2.64. The van der Waals surface area contributed by atoms with Gasteiger partial charge in [-0.3, -0.25) is 4.79 Å². The first-order chi connectivity index (χ1) is 14.2. The number of nitrogens with one attached hydrogen (secondary N) is 1. The van der Waals surface area contributed by atoms with Gasteiger partial charge in [0.15, 0.2) is 0 Å². The van der Waals surface area contributed by atoms with Gasteiger partial charge in [-0.1, -0.05) is 11.6 Å². The summed E-state index contributed by atoms with van der Waals surface area (Å²) in [4.78, 5) is 23.4. The van der Waals surface area contributed by atoms with E-state index in [-0.39, 0.29) is 33.5 Å². The van der Waals surface area contributed by atoms with Crippen molar-refractivity contribution in [3.8, 4) is 5.75 Å². The number of carbonyl (C=O) groups excluding carboxylic acids is 1. The zero-order chi connectivity index (χ0) is 21.9. The molecule has 0 unspecified atom stereocenters. The maximum absolute atomic E-state index is 12.9. The largest absolute Gasteiger partial charge is 0.497 e. The van der Waals surface area contributed by atoms with E-state index in [0.29, 0.717) is 5.02 Å². The molecule has 0 bridgehead atoms. The Hall–Kier alpha value is -3.37. The lowest BCUT2D eigenvalue weighted by Gasteiger charge is -2.12. The number of hydrogen-bond donors (Lipinski definition) is 2. The van der Waals surface area contributed by atoms with Crippen LogP contribution in [0.15, 0.2) is 64.5 Å². The van der Waals surface area contributed by atoms with E-state index in [1.807, 2.05) is 0 Å². The lowest BCUT2D eigenvalue weighted by molar-refractivity contribution is -0.116. The summed E-state index contributed by atoms with van der Waals surface area (Å²) in [5.74, 6) is -1.60. The molecule has 0 atom stereocenters. The molecular formula is C19H16ClN3O6S. The molecule has 0 aliphatic rings. The highest BCUT2D eigenvalue weighted by Crippen LogP contribution is 2.29. The normalized spacial score (nSPS) is 11.1. The fourth-order valence-corrected chi connectivity index (χ4v) is 4.09. The molecule has 2 N–H and O–H groups in total. The third-order valence-electron chi connectivity index (χ3n) is 4.06. The first-order valence-electron chi connectivity index (χ1n) is 8.45. The zero-order valence-corrected chi connectivity index (χ0v) is 17.1. The standard InChI is InChI=1S/C19H16ClN3O6S/c1-29-14-8-13(22-18(24)11-23-17(19(25)26)6-7-21-23)9-16(10-14)30(27,28)15-4-2-12(20)3-5-15/h2-10H,11H2,1H3,(H,22,24)(H,25,26). The van der Waals surface area contributed by atoms with E-state index in [4.69, 9.17) is 21.4 Å². The third kappa shape index (κ3) is 4.61. The molecule has 9 nitrogen and oxygen atoms in total. The number of benzene rings is 2.